The lowest BCUT2D eigenvalue weighted by Gasteiger charge is -2.32. The zero-order valence-electron chi connectivity index (χ0n) is 11.9. The van der Waals surface area contributed by atoms with E-state index >= 15 is 0 Å². The molecular formula is C15H20N2O3. The molecule has 0 spiro atoms. The summed E-state index contributed by atoms with van der Waals surface area (Å²) in [6.07, 6.45) is 1.55. The SMILES string of the molecule is CCCOc1ccc(N2CC(=O)NC(CC)C2=O)cc1. The Balaban J connectivity index is 2.13. The predicted octanol–water partition coefficient (Wildman–Crippen LogP) is 1.72. The largest absolute Gasteiger partial charge is 0.494 e. The molecule has 1 heterocycles. The summed E-state index contributed by atoms with van der Waals surface area (Å²) in [4.78, 5) is 25.4. The molecule has 5 heteroatoms. The summed E-state index contributed by atoms with van der Waals surface area (Å²) in [5.74, 6) is 0.591. The molecule has 108 valence electrons. The molecule has 1 atom stereocenters. The molecule has 0 saturated carbocycles. The highest BCUT2D eigenvalue weighted by molar-refractivity contribution is 6.06. The number of nitrogens with zero attached hydrogens (tertiary/aromatic N) is 1. The number of benzene rings is 1. The van der Waals surface area contributed by atoms with Crippen LogP contribution in [-0.2, 0) is 9.59 Å². The molecule has 1 fully saturated rings. The van der Waals surface area contributed by atoms with E-state index in [2.05, 4.69) is 5.32 Å². The smallest absolute Gasteiger partial charge is 0.250 e. The van der Waals surface area contributed by atoms with Crippen LogP contribution in [0.25, 0.3) is 0 Å². The first kappa shape index (κ1) is 14.4. The number of amides is 2. The maximum atomic E-state index is 12.2. The summed E-state index contributed by atoms with van der Waals surface area (Å²) in [6, 6.07) is 6.85. The second-order valence-electron chi connectivity index (χ2n) is 4.80. The van der Waals surface area contributed by atoms with Gasteiger partial charge in [-0.1, -0.05) is 13.8 Å². The van der Waals surface area contributed by atoms with E-state index in [4.69, 9.17) is 4.74 Å². The molecule has 2 rings (SSSR count). The molecular weight excluding hydrogens is 256 g/mol. The molecule has 2 amide bonds. The molecule has 1 N–H and O–H groups in total. The van der Waals surface area contributed by atoms with Gasteiger partial charge >= 0.3 is 0 Å². The van der Waals surface area contributed by atoms with Gasteiger partial charge in [-0.2, -0.15) is 0 Å². The van der Waals surface area contributed by atoms with Crippen LogP contribution in [0.2, 0.25) is 0 Å². The van der Waals surface area contributed by atoms with Gasteiger partial charge in [0.05, 0.1) is 6.61 Å². The van der Waals surface area contributed by atoms with Crippen molar-refractivity contribution in [3.63, 3.8) is 0 Å². The van der Waals surface area contributed by atoms with E-state index < -0.39 is 6.04 Å². The highest BCUT2D eigenvalue weighted by Crippen LogP contribution is 2.22. The molecule has 20 heavy (non-hydrogen) atoms. The van der Waals surface area contributed by atoms with E-state index in [1.54, 1.807) is 0 Å². The molecule has 1 saturated heterocycles. The third-order valence-electron chi connectivity index (χ3n) is 3.23. The molecule has 5 nitrogen and oxygen atoms in total. The molecule has 1 aliphatic heterocycles. The van der Waals surface area contributed by atoms with Gasteiger partial charge in [-0.25, -0.2) is 0 Å². The Labute approximate surface area is 118 Å². The number of nitrogens with one attached hydrogen (secondary N) is 1. The monoisotopic (exact) mass is 276 g/mol. The zero-order valence-corrected chi connectivity index (χ0v) is 11.9. The van der Waals surface area contributed by atoms with Crippen LogP contribution in [-0.4, -0.2) is 31.0 Å². The summed E-state index contributed by atoms with van der Waals surface area (Å²) in [5, 5.41) is 2.70. The van der Waals surface area contributed by atoms with Gasteiger partial charge in [0.25, 0.3) is 0 Å². The maximum absolute atomic E-state index is 12.2. The lowest BCUT2D eigenvalue weighted by atomic mass is 10.1. The highest BCUT2D eigenvalue weighted by Gasteiger charge is 2.32. The molecule has 1 aromatic carbocycles. The lowest BCUT2D eigenvalue weighted by Crippen LogP contribution is -2.58. The molecule has 1 unspecified atom stereocenters. The van der Waals surface area contributed by atoms with Crippen LogP contribution in [0.5, 0.6) is 5.75 Å². The predicted molar refractivity (Wildman–Crippen MR) is 76.8 cm³/mol. The molecule has 0 bridgehead atoms. The van der Waals surface area contributed by atoms with Crippen molar-refractivity contribution in [3.8, 4) is 5.75 Å². The average molecular weight is 276 g/mol. The van der Waals surface area contributed by atoms with E-state index in [0.717, 1.165) is 17.9 Å². The van der Waals surface area contributed by atoms with Crippen LogP contribution in [0.1, 0.15) is 26.7 Å². The van der Waals surface area contributed by atoms with Crippen molar-refractivity contribution < 1.29 is 14.3 Å². The molecule has 1 aromatic rings. The van der Waals surface area contributed by atoms with Crippen molar-refractivity contribution in [2.24, 2.45) is 0 Å². The fourth-order valence-corrected chi connectivity index (χ4v) is 2.15. The van der Waals surface area contributed by atoms with Crippen LogP contribution in [0.15, 0.2) is 24.3 Å². The topological polar surface area (TPSA) is 58.6 Å². The number of hydrogen-bond donors (Lipinski definition) is 1. The van der Waals surface area contributed by atoms with Gasteiger partial charge in [-0.3, -0.25) is 9.59 Å². The fraction of sp³-hybridized carbons (Fsp3) is 0.467. The van der Waals surface area contributed by atoms with Gasteiger partial charge in [0.1, 0.15) is 18.3 Å². The second kappa shape index (κ2) is 6.41. The Kier molecular flexibility index (Phi) is 4.61. The standard InChI is InChI=1S/C15H20N2O3/c1-3-9-20-12-7-5-11(6-8-12)17-10-14(18)16-13(4-2)15(17)19/h5-8,13H,3-4,9-10H2,1-2H3,(H,16,18). The lowest BCUT2D eigenvalue weighted by molar-refractivity contribution is -0.131. The fourth-order valence-electron chi connectivity index (χ4n) is 2.15. The highest BCUT2D eigenvalue weighted by atomic mass is 16.5. The average Bonchev–Trinajstić information content (AvgIpc) is 2.47. The number of anilines is 1. The zero-order chi connectivity index (χ0) is 14.5. The normalized spacial score (nSPS) is 18.9. The number of carbonyl (C=O) groups excluding carboxylic acids is 2. The molecule has 1 aliphatic rings. The minimum Gasteiger partial charge on any atom is -0.494 e. The van der Waals surface area contributed by atoms with E-state index in [1.807, 2.05) is 38.1 Å². The van der Waals surface area contributed by atoms with Crippen molar-refractivity contribution in [2.75, 3.05) is 18.1 Å². The Morgan fingerprint density at radius 1 is 1.25 bits per heavy atom. The first-order valence-electron chi connectivity index (χ1n) is 6.99. The van der Waals surface area contributed by atoms with Gasteiger partial charge in [-0.05, 0) is 37.1 Å². The number of hydrogen-bond acceptors (Lipinski definition) is 3. The van der Waals surface area contributed by atoms with Gasteiger partial charge in [0.15, 0.2) is 0 Å². The van der Waals surface area contributed by atoms with Gasteiger partial charge in [-0.15, -0.1) is 0 Å². The third kappa shape index (κ3) is 3.10. The maximum Gasteiger partial charge on any atom is 0.250 e. The quantitative estimate of drug-likeness (QED) is 0.890. The second-order valence-corrected chi connectivity index (χ2v) is 4.80. The third-order valence-corrected chi connectivity index (χ3v) is 3.23. The van der Waals surface area contributed by atoms with Crippen LogP contribution in [0, 0.1) is 0 Å². The van der Waals surface area contributed by atoms with Crippen LogP contribution in [0.4, 0.5) is 5.69 Å². The van der Waals surface area contributed by atoms with Gasteiger partial charge < -0.3 is 15.0 Å². The molecule has 0 radical (unpaired) electrons. The van der Waals surface area contributed by atoms with Crippen LogP contribution in [0.3, 0.4) is 0 Å². The summed E-state index contributed by atoms with van der Waals surface area (Å²) in [6.45, 7) is 4.67. The van der Waals surface area contributed by atoms with E-state index in [0.29, 0.717) is 13.0 Å². The molecule has 0 aromatic heterocycles. The summed E-state index contributed by atoms with van der Waals surface area (Å²) < 4.78 is 5.51. The first-order valence-corrected chi connectivity index (χ1v) is 6.99. The summed E-state index contributed by atoms with van der Waals surface area (Å²) >= 11 is 0. The Hall–Kier alpha value is -2.04. The van der Waals surface area contributed by atoms with Crippen molar-refractivity contribution in [2.45, 2.75) is 32.7 Å². The van der Waals surface area contributed by atoms with Gasteiger partial charge in [0.2, 0.25) is 11.8 Å². The van der Waals surface area contributed by atoms with Crippen molar-refractivity contribution >= 4 is 17.5 Å². The Bertz CT molecular complexity index is 484. The van der Waals surface area contributed by atoms with Crippen LogP contribution < -0.4 is 15.0 Å². The number of ether oxygens (including phenoxy) is 1. The first-order chi connectivity index (χ1) is 9.65. The number of carbonyl (C=O) groups is 2. The van der Waals surface area contributed by atoms with E-state index in [-0.39, 0.29) is 18.4 Å². The Morgan fingerprint density at radius 2 is 1.95 bits per heavy atom. The Morgan fingerprint density at radius 3 is 2.55 bits per heavy atom. The van der Waals surface area contributed by atoms with E-state index in [9.17, 15) is 9.59 Å². The summed E-state index contributed by atoms with van der Waals surface area (Å²) in [5.41, 5.74) is 0.729. The van der Waals surface area contributed by atoms with Crippen molar-refractivity contribution in [1.29, 1.82) is 0 Å². The van der Waals surface area contributed by atoms with Crippen LogP contribution >= 0.6 is 0 Å². The van der Waals surface area contributed by atoms with Crippen molar-refractivity contribution in [3.05, 3.63) is 24.3 Å². The number of rotatable bonds is 5. The summed E-state index contributed by atoms with van der Waals surface area (Å²) in [7, 11) is 0. The molecule has 0 aliphatic carbocycles. The number of piperazine rings is 1. The van der Waals surface area contributed by atoms with E-state index in [1.165, 1.54) is 4.90 Å². The van der Waals surface area contributed by atoms with Gasteiger partial charge in [0, 0.05) is 5.69 Å². The minimum atomic E-state index is -0.424. The van der Waals surface area contributed by atoms with Crippen molar-refractivity contribution in [1.82, 2.24) is 5.32 Å². The minimum absolute atomic E-state index is 0.0608.